The summed E-state index contributed by atoms with van der Waals surface area (Å²) in [6.45, 7) is 4.32. The summed E-state index contributed by atoms with van der Waals surface area (Å²) in [7, 11) is 1.45. The van der Waals surface area contributed by atoms with Crippen molar-refractivity contribution < 1.29 is 42.1 Å². The van der Waals surface area contributed by atoms with Crippen LogP contribution in [0, 0.1) is 0 Å². The van der Waals surface area contributed by atoms with Gasteiger partial charge in [0.15, 0.2) is 6.10 Å². The summed E-state index contributed by atoms with van der Waals surface area (Å²) in [5.41, 5.74) is 0. The van der Waals surface area contributed by atoms with Gasteiger partial charge >= 0.3 is 19.8 Å². The van der Waals surface area contributed by atoms with E-state index in [1.54, 1.807) is 0 Å². The number of unbranched alkanes of at least 4 members (excludes halogenated alkanes) is 16. The van der Waals surface area contributed by atoms with Crippen LogP contribution in [-0.2, 0) is 32.7 Å². The summed E-state index contributed by atoms with van der Waals surface area (Å²) in [5.74, 6) is -0.834. The maximum absolute atomic E-state index is 12.7. The first-order valence-electron chi connectivity index (χ1n) is 21.4. The van der Waals surface area contributed by atoms with E-state index in [0.29, 0.717) is 17.4 Å². The monoisotopic (exact) mass is 783 g/mol. The molecule has 0 bridgehead atoms. The number of hydrogen-bond acceptors (Lipinski definition) is 7. The van der Waals surface area contributed by atoms with Crippen LogP contribution in [0.3, 0.4) is 0 Å². The Hall–Kier alpha value is -2.03. The van der Waals surface area contributed by atoms with Gasteiger partial charge in [-0.05, 0) is 77.0 Å². The van der Waals surface area contributed by atoms with E-state index in [1.807, 2.05) is 21.1 Å². The van der Waals surface area contributed by atoms with Crippen LogP contribution in [0.4, 0.5) is 0 Å². The van der Waals surface area contributed by atoms with Crippen LogP contribution in [0.2, 0.25) is 0 Å². The van der Waals surface area contributed by atoms with Gasteiger partial charge in [0.25, 0.3) is 0 Å². The van der Waals surface area contributed by atoms with E-state index >= 15 is 0 Å². The number of carbonyl (C=O) groups is 2. The van der Waals surface area contributed by atoms with Crippen molar-refractivity contribution in [3.05, 3.63) is 48.6 Å². The predicted molar refractivity (Wildman–Crippen MR) is 224 cm³/mol. The number of likely N-dealkylation sites (N-methyl/N-ethyl adjacent to an activating group) is 1. The van der Waals surface area contributed by atoms with Crippen molar-refractivity contribution in [3.63, 3.8) is 0 Å². The molecule has 9 nitrogen and oxygen atoms in total. The summed E-state index contributed by atoms with van der Waals surface area (Å²) >= 11 is 0. The lowest BCUT2D eigenvalue weighted by Gasteiger charge is -2.24. The largest absolute Gasteiger partial charge is 0.472 e. The minimum absolute atomic E-state index is 0.0249. The Kier molecular flexibility index (Phi) is 35.2. The van der Waals surface area contributed by atoms with Crippen molar-refractivity contribution >= 4 is 19.8 Å². The van der Waals surface area contributed by atoms with E-state index in [0.717, 1.165) is 83.5 Å². The second-order valence-corrected chi connectivity index (χ2v) is 16.8. The van der Waals surface area contributed by atoms with Crippen LogP contribution in [-0.4, -0.2) is 74.9 Å². The molecule has 0 spiro atoms. The summed E-state index contributed by atoms with van der Waals surface area (Å²) in [6, 6.07) is 0. The summed E-state index contributed by atoms with van der Waals surface area (Å²) in [6.07, 6.45) is 41.5. The SMILES string of the molecule is CCCCC/C=C/C/C=C/CCCCCCCC(=O)OC[C@@H](COP(=O)(O)OCC[N+](C)(C)C)OC(=O)CCCCCCC/C=C/C/C=C/CCCCC. The van der Waals surface area contributed by atoms with Gasteiger partial charge in [0.1, 0.15) is 19.8 Å². The van der Waals surface area contributed by atoms with Crippen molar-refractivity contribution in [2.24, 2.45) is 0 Å². The summed E-state index contributed by atoms with van der Waals surface area (Å²) in [5, 5.41) is 0. The van der Waals surface area contributed by atoms with Gasteiger partial charge in [-0.15, -0.1) is 0 Å². The number of esters is 2. The third-order valence-corrected chi connectivity index (χ3v) is 9.82. The zero-order valence-electron chi connectivity index (χ0n) is 35.2. The van der Waals surface area contributed by atoms with Gasteiger partial charge in [-0.1, -0.05) is 127 Å². The molecule has 54 heavy (non-hydrogen) atoms. The van der Waals surface area contributed by atoms with Gasteiger partial charge in [0, 0.05) is 12.8 Å². The standard InChI is InChI=1S/C44H80NO8P/c1-6-8-10-12-14-16-18-20-22-24-26-28-30-32-34-36-43(46)50-40-42(41-52-54(48,49)51-39-38-45(3,4)5)53-44(47)37-35-33-31-29-27-25-23-21-19-17-15-13-11-9-7-2/h14-17,20-23,42H,6-13,18-19,24-41H2,1-5H3/p+1/b16-14+,17-15+,22-20+,23-21+/t42-/m0/s1. The van der Waals surface area contributed by atoms with Gasteiger partial charge in [-0.25, -0.2) is 4.57 Å². The van der Waals surface area contributed by atoms with Crippen LogP contribution < -0.4 is 0 Å². The molecule has 0 fully saturated rings. The molecule has 314 valence electrons. The number of phosphoric ester groups is 1. The highest BCUT2D eigenvalue weighted by Crippen LogP contribution is 2.43. The van der Waals surface area contributed by atoms with E-state index in [1.165, 1.54) is 51.4 Å². The quantitative estimate of drug-likeness (QED) is 0.0217. The van der Waals surface area contributed by atoms with Crippen LogP contribution in [0.5, 0.6) is 0 Å². The highest BCUT2D eigenvalue weighted by Gasteiger charge is 2.27. The molecule has 0 heterocycles. The molecule has 0 rings (SSSR count). The molecule has 0 aliphatic carbocycles. The molecule has 0 amide bonds. The summed E-state index contributed by atoms with van der Waals surface area (Å²) in [4.78, 5) is 35.3. The highest BCUT2D eigenvalue weighted by molar-refractivity contribution is 7.47. The normalized spacial score (nSPS) is 14.1. The number of hydrogen-bond donors (Lipinski definition) is 1. The molecule has 1 N–H and O–H groups in total. The van der Waals surface area contributed by atoms with Crippen LogP contribution in [0.25, 0.3) is 0 Å². The maximum atomic E-state index is 12.7. The first-order chi connectivity index (χ1) is 26.0. The van der Waals surface area contributed by atoms with Crippen molar-refractivity contribution in [2.75, 3.05) is 47.5 Å². The number of carbonyl (C=O) groups excluding carboxylic acids is 2. The highest BCUT2D eigenvalue weighted by atomic mass is 31.2. The van der Waals surface area contributed by atoms with E-state index < -0.39 is 26.5 Å². The third-order valence-electron chi connectivity index (χ3n) is 8.83. The number of nitrogens with zero attached hydrogens (tertiary/aromatic N) is 1. The molecule has 0 aromatic carbocycles. The van der Waals surface area contributed by atoms with Crippen LogP contribution in [0.1, 0.15) is 168 Å². The molecule has 0 aliphatic rings. The average Bonchev–Trinajstić information content (AvgIpc) is 3.12. The van der Waals surface area contributed by atoms with E-state index in [-0.39, 0.29) is 32.0 Å². The smallest absolute Gasteiger partial charge is 0.462 e. The Morgan fingerprint density at radius 3 is 1.46 bits per heavy atom. The Bertz CT molecular complexity index is 1070. The lowest BCUT2D eigenvalue weighted by Crippen LogP contribution is -2.37. The van der Waals surface area contributed by atoms with E-state index in [4.69, 9.17) is 18.5 Å². The van der Waals surface area contributed by atoms with Crippen molar-refractivity contribution in [1.82, 2.24) is 0 Å². The van der Waals surface area contributed by atoms with Crippen LogP contribution >= 0.6 is 7.82 Å². The third kappa shape index (κ3) is 39.7. The topological polar surface area (TPSA) is 108 Å². The molecule has 10 heteroatoms. The Labute approximate surface area is 331 Å². The van der Waals surface area contributed by atoms with Gasteiger partial charge in [0.2, 0.25) is 0 Å². The van der Waals surface area contributed by atoms with E-state index in [2.05, 4.69) is 62.5 Å². The molecule has 0 radical (unpaired) electrons. The number of rotatable bonds is 38. The van der Waals surface area contributed by atoms with Gasteiger partial charge in [-0.2, -0.15) is 0 Å². The number of ether oxygens (including phenoxy) is 2. The number of phosphoric acid groups is 1. The average molecular weight is 783 g/mol. The second-order valence-electron chi connectivity index (χ2n) is 15.4. The zero-order chi connectivity index (χ0) is 40.0. The number of quaternary nitrogens is 1. The lowest BCUT2D eigenvalue weighted by atomic mass is 10.1. The molecular formula is C44H81NO8P+. The molecular weight excluding hydrogens is 701 g/mol. The second kappa shape index (κ2) is 36.6. The van der Waals surface area contributed by atoms with Gasteiger partial charge in [-0.3, -0.25) is 18.6 Å². The van der Waals surface area contributed by atoms with Gasteiger partial charge < -0.3 is 18.9 Å². The molecule has 2 atom stereocenters. The minimum Gasteiger partial charge on any atom is -0.462 e. The fraction of sp³-hybridized carbons (Fsp3) is 0.773. The fourth-order valence-corrected chi connectivity index (χ4v) is 6.17. The minimum atomic E-state index is -4.38. The van der Waals surface area contributed by atoms with Crippen molar-refractivity contribution in [2.45, 2.75) is 174 Å². The zero-order valence-corrected chi connectivity index (χ0v) is 36.1. The summed E-state index contributed by atoms with van der Waals surface area (Å²) < 4.78 is 34.2. The Balaban J connectivity index is 4.44. The molecule has 1 unspecified atom stereocenters. The Morgan fingerprint density at radius 2 is 1.00 bits per heavy atom. The first kappa shape index (κ1) is 52.0. The van der Waals surface area contributed by atoms with Gasteiger partial charge in [0.05, 0.1) is 27.7 Å². The molecule has 0 saturated carbocycles. The lowest BCUT2D eigenvalue weighted by molar-refractivity contribution is -0.870. The van der Waals surface area contributed by atoms with Crippen molar-refractivity contribution in [3.8, 4) is 0 Å². The predicted octanol–water partition coefficient (Wildman–Crippen LogP) is 11.9. The maximum Gasteiger partial charge on any atom is 0.472 e. The fourth-order valence-electron chi connectivity index (χ4n) is 5.43. The first-order valence-corrected chi connectivity index (χ1v) is 22.9. The Morgan fingerprint density at radius 1 is 0.574 bits per heavy atom. The van der Waals surface area contributed by atoms with Crippen molar-refractivity contribution in [1.29, 1.82) is 0 Å². The molecule has 0 aliphatic heterocycles. The molecule has 0 saturated heterocycles. The van der Waals surface area contributed by atoms with Crippen LogP contribution in [0.15, 0.2) is 48.6 Å². The molecule has 0 aromatic heterocycles. The number of allylic oxidation sites excluding steroid dienone is 8. The molecule has 0 aromatic rings. The van der Waals surface area contributed by atoms with E-state index in [9.17, 15) is 19.0 Å².